The average Bonchev–Trinajstić information content (AvgIpc) is 3.49. The Bertz CT molecular complexity index is 1220. The molecule has 0 unspecified atom stereocenters. The SMILES string of the molecule is O=c1n(C2CCC2)cc(-c2ccnc(NC3CCC(N4CCCC4)CC3)n2)n1-c1ccc(F)cc1. The normalized spacial score (nSPS) is 23.3. The summed E-state index contributed by atoms with van der Waals surface area (Å²) in [5.74, 6) is 0.274. The molecule has 2 saturated carbocycles. The summed E-state index contributed by atoms with van der Waals surface area (Å²) in [5.41, 5.74) is 1.92. The van der Waals surface area contributed by atoms with Crippen molar-refractivity contribution in [2.75, 3.05) is 18.4 Å². The molecule has 3 heterocycles. The molecule has 35 heavy (non-hydrogen) atoms. The van der Waals surface area contributed by atoms with Gasteiger partial charge in [-0.15, -0.1) is 0 Å². The van der Waals surface area contributed by atoms with Crippen LogP contribution in [0, 0.1) is 5.82 Å². The van der Waals surface area contributed by atoms with Crippen LogP contribution in [0.15, 0.2) is 47.5 Å². The first-order chi connectivity index (χ1) is 17.2. The van der Waals surface area contributed by atoms with Crippen LogP contribution in [0.2, 0.25) is 0 Å². The molecule has 2 aromatic heterocycles. The smallest absolute Gasteiger partial charge is 0.333 e. The van der Waals surface area contributed by atoms with Crippen molar-refractivity contribution in [3.63, 3.8) is 0 Å². The first-order valence-corrected chi connectivity index (χ1v) is 13.1. The number of imidazole rings is 1. The Kier molecular flexibility index (Phi) is 6.14. The molecule has 0 radical (unpaired) electrons. The van der Waals surface area contributed by atoms with Crippen molar-refractivity contribution in [2.24, 2.45) is 0 Å². The van der Waals surface area contributed by atoms with E-state index in [2.05, 4.69) is 15.2 Å². The predicted octanol–water partition coefficient (Wildman–Crippen LogP) is 4.78. The van der Waals surface area contributed by atoms with E-state index in [-0.39, 0.29) is 17.5 Å². The van der Waals surface area contributed by atoms with Gasteiger partial charge in [-0.3, -0.25) is 9.13 Å². The van der Waals surface area contributed by atoms with Gasteiger partial charge in [-0.05, 0) is 101 Å². The van der Waals surface area contributed by atoms with Gasteiger partial charge < -0.3 is 10.2 Å². The molecule has 1 aliphatic heterocycles. The van der Waals surface area contributed by atoms with Gasteiger partial charge in [-0.1, -0.05) is 0 Å². The Balaban J connectivity index is 1.25. The third kappa shape index (κ3) is 4.51. The first kappa shape index (κ1) is 22.5. The van der Waals surface area contributed by atoms with Crippen LogP contribution in [-0.4, -0.2) is 49.2 Å². The molecule has 1 saturated heterocycles. The van der Waals surface area contributed by atoms with Crippen molar-refractivity contribution < 1.29 is 4.39 Å². The highest BCUT2D eigenvalue weighted by atomic mass is 19.1. The zero-order valence-corrected chi connectivity index (χ0v) is 20.1. The molecule has 6 rings (SSSR count). The topological polar surface area (TPSA) is 68.0 Å². The summed E-state index contributed by atoms with van der Waals surface area (Å²) in [6.45, 7) is 2.51. The first-order valence-electron chi connectivity index (χ1n) is 13.1. The number of nitrogens with zero attached hydrogens (tertiary/aromatic N) is 5. The Morgan fingerprint density at radius 2 is 1.63 bits per heavy atom. The molecule has 0 amide bonds. The lowest BCUT2D eigenvalue weighted by Gasteiger charge is -2.34. The number of halogens is 1. The second kappa shape index (κ2) is 9.57. The maximum absolute atomic E-state index is 13.6. The van der Waals surface area contributed by atoms with Crippen LogP contribution < -0.4 is 11.0 Å². The molecular formula is C27H33FN6O. The summed E-state index contributed by atoms with van der Waals surface area (Å²) in [7, 11) is 0. The van der Waals surface area contributed by atoms with Gasteiger partial charge in [0.1, 0.15) is 5.82 Å². The van der Waals surface area contributed by atoms with E-state index >= 15 is 0 Å². The van der Waals surface area contributed by atoms with Gasteiger partial charge in [0, 0.05) is 30.5 Å². The third-order valence-electron chi connectivity index (χ3n) is 8.07. The predicted molar refractivity (Wildman–Crippen MR) is 134 cm³/mol. The molecule has 184 valence electrons. The fraction of sp³-hybridized carbons (Fsp3) is 0.519. The fourth-order valence-corrected chi connectivity index (χ4v) is 5.86. The van der Waals surface area contributed by atoms with E-state index in [1.165, 1.54) is 50.9 Å². The van der Waals surface area contributed by atoms with Gasteiger partial charge in [0.15, 0.2) is 0 Å². The zero-order chi connectivity index (χ0) is 23.8. The maximum atomic E-state index is 13.6. The molecule has 0 spiro atoms. The number of benzene rings is 1. The minimum atomic E-state index is -0.324. The van der Waals surface area contributed by atoms with Crippen LogP contribution in [0.4, 0.5) is 10.3 Å². The lowest BCUT2D eigenvalue weighted by molar-refractivity contribution is 0.186. The van der Waals surface area contributed by atoms with Gasteiger partial charge in [-0.2, -0.15) is 0 Å². The fourth-order valence-electron chi connectivity index (χ4n) is 5.86. The summed E-state index contributed by atoms with van der Waals surface area (Å²) >= 11 is 0. The quantitative estimate of drug-likeness (QED) is 0.555. The highest BCUT2D eigenvalue weighted by molar-refractivity contribution is 5.59. The Labute approximate surface area is 205 Å². The molecule has 1 aromatic carbocycles. The molecule has 7 nitrogen and oxygen atoms in total. The zero-order valence-electron chi connectivity index (χ0n) is 20.1. The molecular weight excluding hydrogens is 443 g/mol. The van der Waals surface area contributed by atoms with Crippen molar-refractivity contribution in [1.82, 2.24) is 24.0 Å². The molecule has 0 atom stereocenters. The lowest BCUT2D eigenvalue weighted by Crippen LogP contribution is -2.39. The van der Waals surface area contributed by atoms with Gasteiger partial charge in [0.2, 0.25) is 5.95 Å². The molecule has 2 aliphatic carbocycles. The monoisotopic (exact) mass is 476 g/mol. The van der Waals surface area contributed by atoms with Crippen molar-refractivity contribution in [3.05, 3.63) is 59.0 Å². The van der Waals surface area contributed by atoms with Crippen LogP contribution in [0.1, 0.15) is 63.8 Å². The van der Waals surface area contributed by atoms with Crippen molar-refractivity contribution in [1.29, 1.82) is 0 Å². The molecule has 3 aromatic rings. The van der Waals surface area contributed by atoms with E-state index < -0.39 is 0 Å². The highest BCUT2D eigenvalue weighted by Gasteiger charge is 2.28. The third-order valence-corrected chi connectivity index (χ3v) is 8.07. The van der Waals surface area contributed by atoms with Crippen LogP contribution in [0.25, 0.3) is 17.1 Å². The number of anilines is 1. The van der Waals surface area contributed by atoms with Gasteiger partial charge in [0.25, 0.3) is 0 Å². The second-order valence-corrected chi connectivity index (χ2v) is 10.3. The van der Waals surface area contributed by atoms with Crippen LogP contribution >= 0.6 is 0 Å². The minimum absolute atomic E-state index is 0.107. The standard InChI is InChI=1S/C27H33FN6O/c28-19-6-10-23(11-7-19)34-25(18-33(27(34)35)22-4-3-5-22)24-14-15-29-26(31-24)30-20-8-12-21(13-9-20)32-16-1-2-17-32/h6-7,10-11,14-15,18,20-22H,1-5,8-9,12-13,16-17H2,(H,29,30,31). The summed E-state index contributed by atoms with van der Waals surface area (Å²) in [6, 6.07) is 9.20. The number of aromatic nitrogens is 4. The number of rotatable bonds is 6. The van der Waals surface area contributed by atoms with E-state index in [9.17, 15) is 9.18 Å². The minimum Gasteiger partial charge on any atom is -0.351 e. The molecule has 3 aliphatic rings. The molecule has 0 bridgehead atoms. The van der Waals surface area contributed by atoms with Crippen molar-refractivity contribution >= 4 is 5.95 Å². The summed E-state index contributed by atoms with van der Waals surface area (Å²) in [4.78, 5) is 25.4. The molecule has 8 heteroatoms. The number of nitrogens with one attached hydrogen (secondary N) is 1. The van der Waals surface area contributed by atoms with E-state index in [0.29, 0.717) is 29.1 Å². The highest BCUT2D eigenvalue weighted by Crippen LogP contribution is 2.33. The van der Waals surface area contributed by atoms with E-state index in [1.54, 1.807) is 22.9 Å². The maximum Gasteiger partial charge on any atom is 0.333 e. The van der Waals surface area contributed by atoms with E-state index in [0.717, 1.165) is 38.1 Å². The van der Waals surface area contributed by atoms with Gasteiger partial charge in [0.05, 0.1) is 17.1 Å². The van der Waals surface area contributed by atoms with Crippen LogP contribution in [0.5, 0.6) is 0 Å². The van der Waals surface area contributed by atoms with E-state index in [1.807, 2.05) is 16.8 Å². The van der Waals surface area contributed by atoms with E-state index in [4.69, 9.17) is 4.98 Å². The lowest BCUT2D eigenvalue weighted by atomic mass is 9.90. The largest absolute Gasteiger partial charge is 0.351 e. The van der Waals surface area contributed by atoms with Gasteiger partial charge in [-0.25, -0.2) is 19.2 Å². The number of likely N-dealkylation sites (tertiary alicyclic amines) is 1. The van der Waals surface area contributed by atoms with Crippen LogP contribution in [0.3, 0.4) is 0 Å². The second-order valence-electron chi connectivity index (χ2n) is 10.3. The van der Waals surface area contributed by atoms with Crippen molar-refractivity contribution in [3.8, 4) is 17.1 Å². The van der Waals surface area contributed by atoms with Crippen molar-refractivity contribution in [2.45, 2.75) is 75.9 Å². The summed E-state index contributed by atoms with van der Waals surface area (Å²) < 4.78 is 17.0. The Morgan fingerprint density at radius 1 is 0.886 bits per heavy atom. The average molecular weight is 477 g/mol. The van der Waals surface area contributed by atoms with Gasteiger partial charge >= 0.3 is 5.69 Å². The number of hydrogen-bond donors (Lipinski definition) is 1. The Hall–Kier alpha value is -3.00. The number of hydrogen-bond acceptors (Lipinski definition) is 5. The van der Waals surface area contributed by atoms with Crippen LogP contribution in [-0.2, 0) is 0 Å². The summed E-state index contributed by atoms with van der Waals surface area (Å²) in [6.07, 6.45) is 14.1. The Morgan fingerprint density at radius 3 is 2.31 bits per heavy atom. The molecule has 1 N–H and O–H groups in total. The molecule has 3 fully saturated rings. The summed E-state index contributed by atoms with van der Waals surface area (Å²) in [5, 5.41) is 3.55.